The van der Waals surface area contributed by atoms with Gasteiger partial charge in [0.25, 0.3) is 5.91 Å². The molecule has 1 aromatic carbocycles. The number of amides is 2. The van der Waals surface area contributed by atoms with Crippen LogP contribution in [0, 0.1) is 5.92 Å². The van der Waals surface area contributed by atoms with Gasteiger partial charge in [0.15, 0.2) is 11.5 Å². The lowest BCUT2D eigenvalue weighted by Crippen LogP contribution is -2.43. The molecule has 2 amide bonds. The molecule has 1 aliphatic rings. The minimum atomic E-state index is -0.212. The molecule has 0 atom stereocenters. The molecule has 0 saturated carbocycles. The van der Waals surface area contributed by atoms with Gasteiger partial charge in [0.05, 0.1) is 19.8 Å². The number of aromatic nitrogens is 1. The van der Waals surface area contributed by atoms with Gasteiger partial charge in [-0.25, -0.2) is 0 Å². The fourth-order valence-electron chi connectivity index (χ4n) is 3.59. The number of hydrogen-bond acceptors (Lipinski definition) is 7. The van der Waals surface area contributed by atoms with E-state index in [9.17, 15) is 9.59 Å². The Labute approximate surface area is 181 Å². The average Bonchev–Trinajstić information content (AvgIpc) is 3.31. The van der Waals surface area contributed by atoms with Gasteiger partial charge >= 0.3 is 0 Å². The number of carbonyl (C=O) groups excluding carboxylic acids is 2. The molecule has 0 bridgehead atoms. The van der Waals surface area contributed by atoms with Gasteiger partial charge in [-0.15, -0.1) is 0 Å². The largest absolute Gasteiger partial charge is 0.497 e. The summed E-state index contributed by atoms with van der Waals surface area (Å²) in [7, 11) is 4.77. The van der Waals surface area contributed by atoms with Gasteiger partial charge in [0.2, 0.25) is 5.91 Å². The highest BCUT2D eigenvalue weighted by Crippen LogP contribution is 2.34. The molecule has 1 aromatic heterocycles. The van der Waals surface area contributed by atoms with E-state index in [1.54, 1.807) is 50.5 Å². The Morgan fingerprint density at radius 2 is 1.94 bits per heavy atom. The molecule has 1 N–H and O–H groups in total. The van der Waals surface area contributed by atoms with Crippen molar-refractivity contribution in [2.45, 2.75) is 19.3 Å². The van der Waals surface area contributed by atoms with Gasteiger partial charge in [-0.3, -0.25) is 9.59 Å². The van der Waals surface area contributed by atoms with E-state index in [0.717, 1.165) is 6.42 Å². The van der Waals surface area contributed by atoms with Crippen molar-refractivity contribution in [2.24, 2.45) is 5.92 Å². The zero-order valence-electron chi connectivity index (χ0n) is 18.2. The molecule has 9 nitrogen and oxygen atoms in total. The van der Waals surface area contributed by atoms with Gasteiger partial charge < -0.3 is 29.0 Å². The summed E-state index contributed by atoms with van der Waals surface area (Å²) in [4.78, 5) is 26.9. The van der Waals surface area contributed by atoms with Crippen LogP contribution in [0.25, 0.3) is 11.3 Å². The van der Waals surface area contributed by atoms with Crippen LogP contribution in [0.1, 0.15) is 29.8 Å². The van der Waals surface area contributed by atoms with Gasteiger partial charge in [0.1, 0.15) is 11.5 Å². The van der Waals surface area contributed by atoms with E-state index >= 15 is 0 Å². The number of carbonyl (C=O) groups is 2. The topological polar surface area (TPSA) is 103 Å². The Hall–Kier alpha value is -3.07. The molecular formula is C22H29N3O6. The molecule has 1 aliphatic heterocycles. The van der Waals surface area contributed by atoms with Crippen molar-refractivity contribution >= 4 is 11.8 Å². The first-order valence-electron chi connectivity index (χ1n) is 10.3. The lowest BCUT2D eigenvalue weighted by atomic mass is 9.95. The first-order chi connectivity index (χ1) is 15.1. The van der Waals surface area contributed by atoms with Crippen LogP contribution in [-0.2, 0) is 9.53 Å². The fourth-order valence-corrected chi connectivity index (χ4v) is 3.59. The quantitative estimate of drug-likeness (QED) is 0.608. The van der Waals surface area contributed by atoms with E-state index < -0.39 is 0 Å². The second-order valence-corrected chi connectivity index (χ2v) is 7.35. The molecule has 0 spiro atoms. The second kappa shape index (κ2) is 10.8. The molecule has 0 aliphatic carbocycles. The molecule has 0 radical (unpaired) electrons. The highest BCUT2D eigenvalue weighted by Gasteiger charge is 2.29. The standard InChI is InChI=1S/C22H29N3O6/c1-28-12-4-9-23-21(26)15-7-10-25(11-8-15)22(27)18-14-20(31-24-18)17-13-16(29-2)5-6-19(17)30-3/h5-6,13-15H,4,7-12H2,1-3H3,(H,23,26). The minimum absolute atomic E-state index is 0.0389. The van der Waals surface area contributed by atoms with Crippen molar-refractivity contribution < 1.29 is 28.3 Å². The number of ether oxygens (including phenoxy) is 3. The summed E-state index contributed by atoms with van der Waals surface area (Å²) in [6.07, 6.45) is 2.03. The average molecular weight is 431 g/mol. The fraction of sp³-hybridized carbons (Fsp3) is 0.500. The lowest BCUT2D eigenvalue weighted by molar-refractivity contribution is -0.126. The minimum Gasteiger partial charge on any atom is -0.497 e. The van der Waals surface area contributed by atoms with Crippen LogP contribution in [0.4, 0.5) is 0 Å². The number of methoxy groups -OCH3 is 3. The van der Waals surface area contributed by atoms with Gasteiger partial charge in [-0.2, -0.15) is 0 Å². The Kier molecular flexibility index (Phi) is 7.88. The van der Waals surface area contributed by atoms with E-state index in [-0.39, 0.29) is 23.4 Å². The Morgan fingerprint density at radius 3 is 2.61 bits per heavy atom. The van der Waals surface area contributed by atoms with Crippen LogP contribution in [0.2, 0.25) is 0 Å². The Morgan fingerprint density at radius 1 is 1.16 bits per heavy atom. The summed E-state index contributed by atoms with van der Waals surface area (Å²) in [6.45, 7) is 2.22. The lowest BCUT2D eigenvalue weighted by Gasteiger charge is -2.30. The predicted octanol–water partition coefficient (Wildman–Crippen LogP) is 2.36. The number of nitrogens with zero attached hydrogens (tertiary/aromatic N) is 2. The van der Waals surface area contributed by atoms with Crippen LogP contribution < -0.4 is 14.8 Å². The third-order valence-corrected chi connectivity index (χ3v) is 5.38. The monoisotopic (exact) mass is 431 g/mol. The SMILES string of the molecule is COCCCNC(=O)C1CCN(C(=O)c2cc(-c3cc(OC)ccc3OC)on2)CC1. The van der Waals surface area contributed by atoms with Crippen molar-refractivity contribution in [3.8, 4) is 22.8 Å². The van der Waals surface area contributed by atoms with Gasteiger partial charge in [-0.1, -0.05) is 5.16 Å². The maximum Gasteiger partial charge on any atom is 0.276 e. The van der Waals surface area contributed by atoms with Crippen LogP contribution in [0.15, 0.2) is 28.8 Å². The molecular weight excluding hydrogens is 402 g/mol. The highest BCUT2D eigenvalue weighted by atomic mass is 16.5. The molecule has 3 rings (SSSR count). The third kappa shape index (κ3) is 5.55. The summed E-state index contributed by atoms with van der Waals surface area (Å²) in [5.74, 6) is 1.40. The number of piperidine rings is 1. The summed E-state index contributed by atoms with van der Waals surface area (Å²) in [5.41, 5.74) is 0.875. The molecule has 9 heteroatoms. The van der Waals surface area contributed by atoms with Gasteiger partial charge in [0, 0.05) is 45.3 Å². The van der Waals surface area contributed by atoms with Crippen LogP contribution in [0.5, 0.6) is 11.5 Å². The van der Waals surface area contributed by atoms with Gasteiger partial charge in [-0.05, 0) is 37.5 Å². The highest BCUT2D eigenvalue weighted by molar-refractivity contribution is 5.93. The number of benzene rings is 1. The van der Waals surface area contributed by atoms with Crippen molar-refractivity contribution in [1.29, 1.82) is 0 Å². The number of likely N-dealkylation sites (tertiary alicyclic amines) is 1. The van der Waals surface area contributed by atoms with Crippen LogP contribution in [0.3, 0.4) is 0 Å². The zero-order valence-corrected chi connectivity index (χ0v) is 18.2. The van der Waals surface area contributed by atoms with Crippen LogP contribution >= 0.6 is 0 Å². The van der Waals surface area contributed by atoms with Crippen molar-refractivity contribution in [3.63, 3.8) is 0 Å². The zero-order chi connectivity index (χ0) is 22.2. The number of rotatable bonds is 9. The maximum absolute atomic E-state index is 12.9. The predicted molar refractivity (Wildman–Crippen MR) is 113 cm³/mol. The molecule has 0 unspecified atom stereocenters. The molecule has 1 fully saturated rings. The van der Waals surface area contributed by atoms with E-state index in [1.165, 1.54) is 0 Å². The number of hydrogen-bond donors (Lipinski definition) is 1. The normalized spacial score (nSPS) is 14.4. The maximum atomic E-state index is 12.9. The van der Waals surface area contributed by atoms with E-state index in [4.69, 9.17) is 18.7 Å². The second-order valence-electron chi connectivity index (χ2n) is 7.35. The van der Waals surface area contributed by atoms with Crippen molar-refractivity contribution in [3.05, 3.63) is 30.0 Å². The Balaban J connectivity index is 1.59. The third-order valence-electron chi connectivity index (χ3n) is 5.38. The first kappa shape index (κ1) is 22.6. The molecule has 168 valence electrons. The summed E-state index contributed by atoms with van der Waals surface area (Å²) < 4.78 is 21.0. The molecule has 2 aromatic rings. The van der Waals surface area contributed by atoms with Crippen molar-refractivity contribution in [2.75, 3.05) is 47.6 Å². The first-order valence-corrected chi connectivity index (χ1v) is 10.3. The molecule has 1 saturated heterocycles. The summed E-state index contributed by atoms with van der Waals surface area (Å²) >= 11 is 0. The van der Waals surface area contributed by atoms with E-state index in [1.807, 2.05) is 0 Å². The smallest absolute Gasteiger partial charge is 0.276 e. The van der Waals surface area contributed by atoms with E-state index in [0.29, 0.717) is 61.9 Å². The molecule has 2 heterocycles. The summed E-state index contributed by atoms with van der Waals surface area (Å²) in [6, 6.07) is 6.92. The Bertz CT molecular complexity index is 889. The van der Waals surface area contributed by atoms with E-state index in [2.05, 4.69) is 10.5 Å². The molecule has 31 heavy (non-hydrogen) atoms. The van der Waals surface area contributed by atoms with Crippen LogP contribution in [-0.4, -0.2) is 69.4 Å². The van der Waals surface area contributed by atoms with Crippen molar-refractivity contribution in [1.82, 2.24) is 15.4 Å². The summed E-state index contributed by atoms with van der Waals surface area (Å²) in [5, 5.41) is 6.89. The number of nitrogens with one attached hydrogen (secondary N) is 1.